The second-order valence-corrected chi connectivity index (χ2v) is 8.96. The molecule has 1 aromatic heterocycles. The van der Waals surface area contributed by atoms with Crippen LogP contribution < -0.4 is 10.6 Å². The van der Waals surface area contributed by atoms with Gasteiger partial charge in [-0.05, 0) is 44.9 Å². The Labute approximate surface area is 185 Å². The number of halogens is 5. The number of aliphatic hydroxyl groups excluding tert-OH is 1. The maximum atomic E-state index is 13.8. The average Bonchev–Trinajstić information content (AvgIpc) is 3.15. The molecular weight excluding hydrogens is 457 g/mol. The molecule has 0 saturated heterocycles. The van der Waals surface area contributed by atoms with Crippen molar-refractivity contribution in [2.45, 2.75) is 50.9 Å². The zero-order chi connectivity index (χ0) is 24.3. The van der Waals surface area contributed by atoms with Gasteiger partial charge in [0.1, 0.15) is 17.9 Å². The Kier molecular flexibility index (Phi) is 7.84. The van der Waals surface area contributed by atoms with Crippen LogP contribution in [0.1, 0.15) is 37.6 Å². The highest BCUT2D eigenvalue weighted by Gasteiger charge is 2.36. The first-order chi connectivity index (χ1) is 14.6. The Morgan fingerprint density at radius 2 is 1.78 bits per heavy atom. The predicted octanol–water partition coefficient (Wildman–Crippen LogP) is 4.56. The van der Waals surface area contributed by atoms with Crippen LogP contribution in [-0.4, -0.2) is 41.0 Å². The lowest BCUT2D eigenvalue weighted by Gasteiger charge is -2.27. The first-order valence-corrected chi connectivity index (χ1v) is 10.4. The molecule has 0 aliphatic carbocycles. The number of alkyl halides is 5. The summed E-state index contributed by atoms with van der Waals surface area (Å²) in [7, 11) is 0. The number of rotatable bonds is 7. The van der Waals surface area contributed by atoms with Crippen LogP contribution in [-0.2, 0) is 23.3 Å². The van der Waals surface area contributed by atoms with Crippen LogP contribution in [0.3, 0.4) is 0 Å². The molecule has 3 N–H and O–H groups in total. The topological polar surface area (TPSA) is 88.7 Å². The fourth-order valence-electron chi connectivity index (χ4n) is 2.62. The van der Waals surface area contributed by atoms with Crippen molar-refractivity contribution in [2.75, 3.05) is 18.1 Å². The Hall–Kier alpha value is -2.31. The third kappa shape index (κ3) is 7.10. The summed E-state index contributed by atoms with van der Waals surface area (Å²) in [6.45, 7) is 3.23. The zero-order valence-corrected chi connectivity index (χ0v) is 18.4. The maximum Gasteiger partial charge on any atom is 0.416 e. The number of anilines is 1. The van der Waals surface area contributed by atoms with Crippen molar-refractivity contribution in [3.8, 4) is 0 Å². The molecule has 2 rings (SSSR count). The molecule has 0 spiro atoms. The lowest BCUT2D eigenvalue weighted by molar-refractivity contribution is -0.137. The fraction of sp³-hybridized carbons (Fsp3) is 0.500. The van der Waals surface area contributed by atoms with Crippen LogP contribution >= 0.6 is 11.3 Å². The summed E-state index contributed by atoms with van der Waals surface area (Å²) in [5, 5.41) is 9.77. The Balaban J connectivity index is 2.22. The molecule has 0 fully saturated rings. The maximum absolute atomic E-state index is 13.8. The lowest BCUT2D eigenvalue weighted by atomic mass is 10.0. The molecule has 1 heterocycles. The van der Waals surface area contributed by atoms with Crippen molar-refractivity contribution in [3.63, 3.8) is 0 Å². The summed E-state index contributed by atoms with van der Waals surface area (Å²) in [5.74, 6) is -3.59. The number of aliphatic hydroxyl groups is 1. The van der Waals surface area contributed by atoms with Gasteiger partial charge in [-0.25, -0.2) is 9.78 Å². The van der Waals surface area contributed by atoms with Gasteiger partial charge >= 0.3 is 18.2 Å². The molecule has 0 saturated carbocycles. The van der Waals surface area contributed by atoms with Gasteiger partial charge in [-0.1, -0.05) is 12.1 Å². The largest absolute Gasteiger partial charge is 0.443 e. The third-order valence-electron chi connectivity index (χ3n) is 4.11. The van der Waals surface area contributed by atoms with Gasteiger partial charge in [0.2, 0.25) is 0 Å². The van der Waals surface area contributed by atoms with Gasteiger partial charge in [0, 0.05) is 18.0 Å². The van der Waals surface area contributed by atoms with E-state index in [-0.39, 0.29) is 18.1 Å². The van der Waals surface area contributed by atoms with E-state index in [4.69, 9.17) is 15.6 Å². The van der Waals surface area contributed by atoms with E-state index in [1.165, 1.54) is 12.1 Å². The minimum atomic E-state index is -4.46. The quantitative estimate of drug-likeness (QED) is 0.566. The molecule has 0 bridgehead atoms. The lowest BCUT2D eigenvalue weighted by Crippen LogP contribution is -2.44. The number of thiazole rings is 1. The number of ether oxygens (including phenoxy) is 1. The number of nitrogens with zero attached hydrogens (tertiary/aromatic N) is 2. The SMILES string of the molecule is CC(C)(C)OC(=O)N(C[C@@H](N)Cc1ccc(C(F)(F)F)cc1)c1nc(C(F)(F)CO)cs1. The van der Waals surface area contributed by atoms with Crippen LogP contribution in [0.25, 0.3) is 0 Å². The number of carbonyl (C=O) groups excluding carboxylic acids is 1. The van der Waals surface area contributed by atoms with Gasteiger partial charge in [0.15, 0.2) is 5.13 Å². The molecule has 0 unspecified atom stereocenters. The summed E-state index contributed by atoms with van der Waals surface area (Å²) < 4.78 is 71.0. The molecule has 2 aromatic rings. The fourth-order valence-corrected chi connectivity index (χ4v) is 3.49. The number of aromatic nitrogens is 1. The standard InChI is InChI=1S/C20H24F5N3O3S/c1-18(2,3)31-17(30)28(16-27-15(10-32-16)19(21,22)11-29)9-14(26)8-12-4-6-13(7-5-12)20(23,24)25/h4-7,10,14,29H,8-9,11,26H2,1-3H3/t14-/m0/s1. The number of hydrogen-bond acceptors (Lipinski definition) is 6. The molecule has 6 nitrogen and oxygen atoms in total. The second kappa shape index (κ2) is 9.67. The second-order valence-electron chi connectivity index (χ2n) is 8.13. The van der Waals surface area contributed by atoms with Crippen LogP contribution in [0.15, 0.2) is 29.6 Å². The van der Waals surface area contributed by atoms with E-state index in [9.17, 15) is 26.7 Å². The molecule has 178 valence electrons. The van der Waals surface area contributed by atoms with Gasteiger partial charge in [-0.2, -0.15) is 22.0 Å². The number of benzene rings is 1. The minimum absolute atomic E-state index is 0.106. The van der Waals surface area contributed by atoms with Crippen molar-refractivity contribution < 1.29 is 36.6 Å². The Morgan fingerprint density at radius 3 is 2.28 bits per heavy atom. The van der Waals surface area contributed by atoms with Crippen LogP contribution in [0, 0.1) is 0 Å². The summed E-state index contributed by atoms with van der Waals surface area (Å²) in [6, 6.07) is 3.66. The highest BCUT2D eigenvalue weighted by atomic mass is 32.1. The van der Waals surface area contributed by atoms with Crippen molar-refractivity contribution in [2.24, 2.45) is 5.73 Å². The number of amides is 1. The van der Waals surface area contributed by atoms with E-state index in [1.807, 2.05) is 0 Å². The molecular formula is C20H24F5N3O3S. The first kappa shape index (κ1) is 25.9. The highest BCUT2D eigenvalue weighted by molar-refractivity contribution is 7.14. The average molecular weight is 481 g/mol. The smallest absolute Gasteiger partial charge is 0.416 e. The molecule has 0 radical (unpaired) electrons. The first-order valence-electron chi connectivity index (χ1n) is 9.49. The van der Waals surface area contributed by atoms with Crippen molar-refractivity contribution >= 4 is 22.6 Å². The number of carbonyl (C=O) groups is 1. The molecule has 1 atom stereocenters. The van der Waals surface area contributed by atoms with Gasteiger partial charge < -0.3 is 15.6 Å². The number of nitrogens with two attached hydrogens (primary N) is 1. The summed E-state index contributed by atoms with van der Waals surface area (Å²) in [6.07, 6.45) is -5.22. The molecule has 32 heavy (non-hydrogen) atoms. The van der Waals surface area contributed by atoms with E-state index < -0.39 is 47.7 Å². The molecule has 1 aromatic carbocycles. The van der Waals surface area contributed by atoms with Gasteiger partial charge in [0.05, 0.1) is 5.56 Å². The van der Waals surface area contributed by atoms with Crippen molar-refractivity contribution in [3.05, 3.63) is 46.5 Å². The summed E-state index contributed by atoms with van der Waals surface area (Å²) in [4.78, 5) is 17.4. The van der Waals surface area contributed by atoms with Gasteiger partial charge in [-0.3, -0.25) is 4.90 Å². The van der Waals surface area contributed by atoms with E-state index in [2.05, 4.69) is 4.98 Å². The summed E-state index contributed by atoms with van der Waals surface area (Å²) >= 11 is 0.750. The Morgan fingerprint density at radius 1 is 1.19 bits per heavy atom. The van der Waals surface area contributed by atoms with E-state index in [0.717, 1.165) is 33.7 Å². The third-order valence-corrected chi connectivity index (χ3v) is 4.97. The van der Waals surface area contributed by atoms with E-state index in [0.29, 0.717) is 5.56 Å². The van der Waals surface area contributed by atoms with Crippen molar-refractivity contribution in [1.29, 1.82) is 0 Å². The van der Waals surface area contributed by atoms with Gasteiger partial charge in [0.25, 0.3) is 0 Å². The molecule has 0 aliphatic rings. The van der Waals surface area contributed by atoms with Gasteiger partial charge in [-0.15, -0.1) is 11.3 Å². The van der Waals surface area contributed by atoms with Crippen LogP contribution in [0.4, 0.5) is 31.9 Å². The predicted molar refractivity (Wildman–Crippen MR) is 110 cm³/mol. The molecule has 1 amide bonds. The molecule has 12 heteroatoms. The van der Waals surface area contributed by atoms with Crippen molar-refractivity contribution in [1.82, 2.24) is 4.98 Å². The van der Waals surface area contributed by atoms with E-state index in [1.54, 1.807) is 20.8 Å². The normalized spacial score (nSPS) is 13.7. The number of hydrogen-bond donors (Lipinski definition) is 2. The summed E-state index contributed by atoms with van der Waals surface area (Å²) in [5.41, 5.74) is 4.21. The van der Waals surface area contributed by atoms with Crippen LogP contribution in [0.2, 0.25) is 0 Å². The zero-order valence-electron chi connectivity index (χ0n) is 17.6. The molecule has 0 aliphatic heterocycles. The monoisotopic (exact) mass is 481 g/mol. The van der Waals surface area contributed by atoms with Crippen LogP contribution in [0.5, 0.6) is 0 Å². The highest BCUT2D eigenvalue weighted by Crippen LogP contribution is 2.32. The Bertz CT molecular complexity index is 910. The minimum Gasteiger partial charge on any atom is -0.443 e. The van der Waals surface area contributed by atoms with E-state index >= 15 is 0 Å².